The largest absolute Gasteiger partial charge is 0.382 e. The molecular formula is C13H14Cl3N3. The maximum atomic E-state index is 6.25. The number of rotatable bonds is 1. The highest BCUT2D eigenvalue weighted by molar-refractivity contribution is 6.36. The Bertz CT molecular complexity index is 627. The van der Waals surface area contributed by atoms with Crippen molar-refractivity contribution in [2.75, 3.05) is 5.73 Å². The summed E-state index contributed by atoms with van der Waals surface area (Å²) in [5.74, 6) is 0.371. The summed E-state index contributed by atoms with van der Waals surface area (Å²) >= 11 is 18.3. The summed E-state index contributed by atoms with van der Waals surface area (Å²) in [6, 6.07) is 5.13. The molecule has 0 bridgehead atoms. The second-order valence-corrected chi connectivity index (χ2v) is 6.53. The van der Waals surface area contributed by atoms with Gasteiger partial charge in [-0.3, -0.25) is 0 Å². The van der Waals surface area contributed by atoms with Crippen molar-refractivity contribution in [2.45, 2.75) is 26.2 Å². The number of benzene rings is 1. The van der Waals surface area contributed by atoms with Gasteiger partial charge in [-0.05, 0) is 18.2 Å². The molecule has 0 unspecified atom stereocenters. The topological polar surface area (TPSA) is 43.8 Å². The molecule has 102 valence electrons. The average molecular weight is 319 g/mol. The van der Waals surface area contributed by atoms with E-state index in [2.05, 4.69) is 5.10 Å². The second-order valence-electron chi connectivity index (χ2n) is 5.31. The minimum atomic E-state index is -0.199. The van der Waals surface area contributed by atoms with Gasteiger partial charge < -0.3 is 5.73 Å². The molecule has 2 rings (SSSR count). The summed E-state index contributed by atoms with van der Waals surface area (Å²) in [5, 5.41) is 5.96. The number of nitrogens with two attached hydrogens (primary N) is 1. The Balaban J connectivity index is 2.64. The summed E-state index contributed by atoms with van der Waals surface area (Å²) in [6.45, 7) is 6.07. The lowest BCUT2D eigenvalue weighted by molar-refractivity contribution is 0.560. The van der Waals surface area contributed by atoms with Gasteiger partial charge in [0, 0.05) is 10.4 Å². The van der Waals surface area contributed by atoms with E-state index in [1.165, 1.54) is 0 Å². The predicted octanol–water partition coefficient (Wildman–Crippen LogP) is 4.71. The molecule has 0 atom stereocenters. The molecule has 1 aromatic heterocycles. The molecule has 2 N–H and O–H groups in total. The Morgan fingerprint density at radius 3 is 2.26 bits per heavy atom. The fourth-order valence-electron chi connectivity index (χ4n) is 1.73. The van der Waals surface area contributed by atoms with Gasteiger partial charge in [-0.25, -0.2) is 4.68 Å². The molecule has 2 aromatic rings. The summed E-state index contributed by atoms with van der Waals surface area (Å²) in [6.07, 6.45) is 0. The standard InChI is InChI=1S/C13H14Cl3N3/c1-13(2,3)11-10(16)12(17)19(18-11)9-5-4-7(14)6-8(9)15/h4-6H,17H2,1-3H3. The third-order valence-electron chi connectivity index (χ3n) is 2.71. The number of nitrogens with zero attached hydrogens (tertiary/aromatic N) is 2. The van der Waals surface area contributed by atoms with Crippen molar-refractivity contribution in [3.8, 4) is 5.69 Å². The normalized spacial score (nSPS) is 11.9. The first kappa shape index (κ1) is 14.5. The van der Waals surface area contributed by atoms with Crippen molar-refractivity contribution in [2.24, 2.45) is 0 Å². The van der Waals surface area contributed by atoms with E-state index in [0.29, 0.717) is 26.6 Å². The van der Waals surface area contributed by atoms with Gasteiger partial charge >= 0.3 is 0 Å². The SMILES string of the molecule is CC(C)(C)c1nn(-c2ccc(Cl)cc2Cl)c(N)c1Cl. The zero-order chi connectivity index (χ0) is 14.4. The Hall–Kier alpha value is -0.900. The molecule has 0 aliphatic rings. The molecule has 1 aromatic carbocycles. The lowest BCUT2D eigenvalue weighted by Gasteiger charge is -2.15. The first-order valence-corrected chi connectivity index (χ1v) is 6.85. The van der Waals surface area contributed by atoms with Crippen LogP contribution in [0.1, 0.15) is 26.5 Å². The van der Waals surface area contributed by atoms with Gasteiger partial charge in [0.15, 0.2) is 0 Å². The van der Waals surface area contributed by atoms with E-state index >= 15 is 0 Å². The maximum Gasteiger partial charge on any atom is 0.146 e. The third kappa shape index (κ3) is 2.69. The fourth-order valence-corrected chi connectivity index (χ4v) is 2.62. The summed E-state index contributed by atoms with van der Waals surface area (Å²) < 4.78 is 1.54. The van der Waals surface area contributed by atoms with Crippen LogP contribution >= 0.6 is 34.8 Å². The number of halogens is 3. The lowest BCUT2D eigenvalue weighted by atomic mass is 9.92. The van der Waals surface area contributed by atoms with Crippen LogP contribution in [0, 0.1) is 0 Å². The van der Waals surface area contributed by atoms with E-state index in [1.54, 1.807) is 22.9 Å². The van der Waals surface area contributed by atoms with Crippen LogP contribution in [-0.4, -0.2) is 9.78 Å². The van der Waals surface area contributed by atoms with Gasteiger partial charge in [0.2, 0.25) is 0 Å². The first-order chi connectivity index (χ1) is 8.71. The van der Waals surface area contributed by atoms with Crippen LogP contribution in [0.5, 0.6) is 0 Å². The zero-order valence-corrected chi connectivity index (χ0v) is 13.1. The number of hydrogen-bond acceptors (Lipinski definition) is 2. The molecule has 0 radical (unpaired) electrons. The monoisotopic (exact) mass is 317 g/mol. The molecule has 0 saturated carbocycles. The lowest BCUT2D eigenvalue weighted by Crippen LogP contribution is -2.13. The predicted molar refractivity (Wildman–Crippen MR) is 81.7 cm³/mol. The molecule has 6 heteroatoms. The summed E-state index contributed by atoms with van der Waals surface area (Å²) in [7, 11) is 0. The summed E-state index contributed by atoms with van der Waals surface area (Å²) in [4.78, 5) is 0. The second kappa shape index (κ2) is 4.89. The van der Waals surface area contributed by atoms with Gasteiger partial charge in [0.1, 0.15) is 10.8 Å². The Morgan fingerprint density at radius 2 is 1.79 bits per heavy atom. The van der Waals surface area contributed by atoms with Gasteiger partial charge in [0.25, 0.3) is 0 Å². The fraction of sp³-hybridized carbons (Fsp3) is 0.308. The van der Waals surface area contributed by atoms with Crippen LogP contribution in [0.2, 0.25) is 15.1 Å². The van der Waals surface area contributed by atoms with Crippen LogP contribution in [0.25, 0.3) is 5.69 Å². The van der Waals surface area contributed by atoms with Crippen molar-refractivity contribution in [3.63, 3.8) is 0 Å². The van der Waals surface area contributed by atoms with Gasteiger partial charge in [-0.1, -0.05) is 55.6 Å². The molecule has 0 aliphatic carbocycles. The maximum absolute atomic E-state index is 6.25. The van der Waals surface area contributed by atoms with Gasteiger partial charge in [-0.2, -0.15) is 5.10 Å². The van der Waals surface area contributed by atoms with Crippen molar-refractivity contribution in [1.82, 2.24) is 9.78 Å². The molecule has 0 spiro atoms. The van der Waals surface area contributed by atoms with Crippen LogP contribution in [0.3, 0.4) is 0 Å². The Morgan fingerprint density at radius 1 is 1.16 bits per heavy atom. The molecule has 0 saturated heterocycles. The highest BCUT2D eigenvalue weighted by Gasteiger charge is 2.25. The Kier molecular flexibility index (Phi) is 3.74. The van der Waals surface area contributed by atoms with Gasteiger partial charge in [0.05, 0.1) is 16.4 Å². The minimum Gasteiger partial charge on any atom is -0.382 e. The van der Waals surface area contributed by atoms with E-state index in [0.717, 1.165) is 5.69 Å². The summed E-state index contributed by atoms with van der Waals surface area (Å²) in [5.41, 5.74) is 7.20. The van der Waals surface area contributed by atoms with Crippen LogP contribution in [0.4, 0.5) is 5.82 Å². The van der Waals surface area contributed by atoms with E-state index in [1.807, 2.05) is 20.8 Å². The highest BCUT2D eigenvalue weighted by atomic mass is 35.5. The van der Waals surface area contributed by atoms with Crippen molar-refractivity contribution < 1.29 is 0 Å². The third-order valence-corrected chi connectivity index (χ3v) is 3.62. The minimum absolute atomic E-state index is 0.199. The van der Waals surface area contributed by atoms with Crippen LogP contribution < -0.4 is 5.73 Å². The van der Waals surface area contributed by atoms with Crippen molar-refractivity contribution in [3.05, 3.63) is 39.0 Å². The molecule has 0 aliphatic heterocycles. The zero-order valence-electron chi connectivity index (χ0n) is 10.8. The molecule has 19 heavy (non-hydrogen) atoms. The Labute approximate surface area is 127 Å². The van der Waals surface area contributed by atoms with Gasteiger partial charge in [-0.15, -0.1) is 0 Å². The van der Waals surface area contributed by atoms with E-state index < -0.39 is 0 Å². The van der Waals surface area contributed by atoms with Crippen molar-refractivity contribution in [1.29, 1.82) is 0 Å². The van der Waals surface area contributed by atoms with E-state index in [4.69, 9.17) is 40.5 Å². The number of hydrogen-bond donors (Lipinski definition) is 1. The molecule has 0 amide bonds. The first-order valence-electron chi connectivity index (χ1n) is 5.71. The quantitative estimate of drug-likeness (QED) is 0.827. The molecular weight excluding hydrogens is 305 g/mol. The molecule has 1 heterocycles. The van der Waals surface area contributed by atoms with E-state index in [-0.39, 0.29) is 5.41 Å². The number of anilines is 1. The average Bonchev–Trinajstić information content (AvgIpc) is 2.56. The van der Waals surface area contributed by atoms with E-state index in [9.17, 15) is 0 Å². The molecule has 3 nitrogen and oxygen atoms in total. The number of nitrogen functional groups attached to an aromatic ring is 1. The molecule has 0 fully saturated rings. The smallest absolute Gasteiger partial charge is 0.146 e. The highest BCUT2D eigenvalue weighted by Crippen LogP contribution is 2.35. The van der Waals surface area contributed by atoms with Crippen LogP contribution in [-0.2, 0) is 5.41 Å². The van der Waals surface area contributed by atoms with Crippen LogP contribution in [0.15, 0.2) is 18.2 Å². The number of aromatic nitrogens is 2. The van der Waals surface area contributed by atoms with Crippen molar-refractivity contribution >= 4 is 40.6 Å².